The van der Waals surface area contributed by atoms with E-state index in [4.69, 9.17) is 5.73 Å². The maximum absolute atomic E-state index is 15.0. The van der Waals surface area contributed by atoms with Crippen LogP contribution in [0.2, 0.25) is 0 Å². The first kappa shape index (κ1) is 23.7. The molecule has 3 atom stereocenters. The van der Waals surface area contributed by atoms with Gasteiger partial charge in [0.15, 0.2) is 0 Å². The second kappa shape index (κ2) is 9.82. The number of hydrogen-bond acceptors (Lipinski definition) is 6. The molecule has 0 radical (unpaired) electrons. The van der Waals surface area contributed by atoms with Crippen LogP contribution in [0, 0.1) is 18.6 Å². The number of aliphatic hydroxyl groups excluding tert-OH is 2. The van der Waals surface area contributed by atoms with Gasteiger partial charge in [-0.05, 0) is 61.6 Å². The third kappa shape index (κ3) is 5.05. The molecular formula is C25H26F2N4O3. The van der Waals surface area contributed by atoms with Crippen molar-refractivity contribution in [2.24, 2.45) is 0 Å². The minimum atomic E-state index is -0.902. The molecule has 4 rings (SSSR count). The zero-order chi connectivity index (χ0) is 24.4. The molecular weight excluding hydrogens is 442 g/mol. The minimum absolute atomic E-state index is 0.0543. The van der Waals surface area contributed by atoms with E-state index in [2.05, 4.69) is 15.3 Å². The number of amides is 1. The lowest BCUT2D eigenvalue weighted by Gasteiger charge is -2.18. The fraction of sp³-hybridized carbons (Fsp3) is 0.320. The summed E-state index contributed by atoms with van der Waals surface area (Å²) in [6.45, 7) is 1.21. The number of benzene rings is 2. The predicted molar refractivity (Wildman–Crippen MR) is 123 cm³/mol. The quantitative estimate of drug-likeness (QED) is 0.440. The van der Waals surface area contributed by atoms with Gasteiger partial charge in [-0.15, -0.1) is 0 Å². The van der Waals surface area contributed by atoms with Gasteiger partial charge in [-0.2, -0.15) is 0 Å². The number of nitrogens with one attached hydrogen (secondary N) is 1. The number of rotatable bonds is 6. The Kier molecular flexibility index (Phi) is 6.85. The van der Waals surface area contributed by atoms with Gasteiger partial charge >= 0.3 is 0 Å². The number of halogens is 2. The number of nitrogen functional groups attached to an aromatic ring is 1. The number of nitrogens with two attached hydrogens (primary N) is 1. The lowest BCUT2D eigenvalue weighted by Crippen LogP contribution is -2.31. The number of hydrogen-bond donors (Lipinski definition) is 4. The van der Waals surface area contributed by atoms with Gasteiger partial charge in [-0.3, -0.25) is 4.79 Å². The zero-order valence-electron chi connectivity index (χ0n) is 18.6. The predicted octanol–water partition coefficient (Wildman–Crippen LogP) is 3.40. The summed E-state index contributed by atoms with van der Waals surface area (Å²) < 4.78 is 28.7. The van der Waals surface area contributed by atoms with Crippen molar-refractivity contribution in [1.29, 1.82) is 0 Å². The van der Waals surface area contributed by atoms with Crippen molar-refractivity contribution in [3.8, 4) is 11.3 Å². The van der Waals surface area contributed by atoms with Gasteiger partial charge in [-0.25, -0.2) is 18.7 Å². The Bertz CT molecular complexity index is 1200. The van der Waals surface area contributed by atoms with E-state index in [1.54, 1.807) is 19.2 Å². The summed E-state index contributed by atoms with van der Waals surface area (Å²) >= 11 is 0. The van der Waals surface area contributed by atoms with Gasteiger partial charge < -0.3 is 21.3 Å². The maximum Gasteiger partial charge on any atom is 0.254 e. The SMILES string of the molecule is Cc1cc(F)cc(C(CO)NC(=O)c2ccc(-c3nc(C4CCC(O)C4)cnc3N)cc2F)c1. The second-order valence-electron chi connectivity index (χ2n) is 8.66. The first-order chi connectivity index (χ1) is 16.2. The Morgan fingerprint density at radius 1 is 1.24 bits per heavy atom. The molecule has 2 aromatic carbocycles. The molecule has 1 aliphatic rings. The number of aliphatic hydroxyl groups is 2. The molecule has 1 aromatic heterocycles. The number of nitrogens with zero attached hydrogens (tertiary/aromatic N) is 2. The Labute approximate surface area is 195 Å². The van der Waals surface area contributed by atoms with Gasteiger partial charge in [0, 0.05) is 11.5 Å². The molecule has 9 heteroatoms. The largest absolute Gasteiger partial charge is 0.394 e. The highest BCUT2D eigenvalue weighted by Crippen LogP contribution is 2.35. The van der Waals surface area contributed by atoms with E-state index in [9.17, 15) is 23.8 Å². The molecule has 34 heavy (non-hydrogen) atoms. The standard InChI is InChI=1S/C25H26F2N4O3/c1-13-6-16(8-17(26)7-13)22(12-32)31-25(34)19-5-3-15(10-20(19)27)23-24(28)29-11-21(30-23)14-2-4-18(33)9-14/h3,5-8,10-11,14,18,22,32-33H,2,4,9,12H2,1H3,(H2,28,29)(H,31,34). The molecule has 0 bridgehead atoms. The van der Waals surface area contributed by atoms with Gasteiger partial charge in [0.25, 0.3) is 5.91 Å². The van der Waals surface area contributed by atoms with Crippen LogP contribution in [0.25, 0.3) is 11.3 Å². The molecule has 3 aromatic rings. The third-order valence-electron chi connectivity index (χ3n) is 6.08. The van der Waals surface area contributed by atoms with E-state index >= 15 is 0 Å². The molecule has 1 fully saturated rings. The van der Waals surface area contributed by atoms with E-state index < -0.39 is 30.2 Å². The van der Waals surface area contributed by atoms with E-state index in [1.807, 2.05) is 0 Å². The lowest BCUT2D eigenvalue weighted by molar-refractivity contribution is 0.0912. The summed E-state index contributed by atoms with van der Waals surface area (Å²) in [4.78, 5) is 21.5. The molecule has 0 spiro atoms. The number of aromatic nitrogens is 2. The van der Waals surface area contributed by atoms with Crippen molar-refractivity contribution in [1.82, 2.24) is 15.3 Å². The monoisotopic (exact) mass is 468 g/mol. The summed E-state index contributed by atoms with van der Waals surface area (Å²) in [6, 6.07) is 7.26. The molecule has 1 heterocycles. The van der Waals surface area contributed by atoms with Crippen LogP contribution in [-0.2, 0) is 0 Å². The average Bonchev–Trinajstić information content (AvgIpc) is 3.23. The Morgan fingerprint density at radius 3 is 2.68 bits per heavy atom. The van der Waals surface area contributed by atoms with Crippen molar-refractivity contribution in [2.45, 2.75) is 44.2 Å². The molecule has 1 saturated carbocycles. The number of carbonyl (C=O) groups is 1. The summed E-state index contributed by atoms with van der Waals surface area (Å²) in [7, 11) is 0. The smallest absolute Gasteiger partial charge is 0.254 e. The van der Waals surface area contributed by atoms with Crippen LogP contribution in [0.1, 0.15) is 58.4 Å². The van der Waals surface area contributed by atoms with Crippen LogP contribution in [0.3, 0.4) is 0 Å². The maximum atomic E-state index is 15.0. The van der Waals surface area contributed by atoms with Crippen LogP contribution >= 0.6 is 0 Å². The highest BCUT2D eigenvalue weighted by atomic mass is 19.1. The first-order valence-electron chi connectivity index (χ1n) is 11.0. The normalized spacial score (nSPS) is 18.6. The molecule has 7 nitrogen and oxygen atoms in total. The molecule has 5 N–H and O–H groups in total. The summed E-state index contributed by atoms with van der Waals surface area (Å²) in [6.07, 6.45) is 3.26. The van der Waals surface area contributed by atoms with Crippen molar-refractivity contribution in [3.63, 3.8) is 0 Å². The molecule has 0 aliphatic heterocycles. The molecule has 0 saturated heterocycles. The average molecular weight is 469 g/mol. The topological polar surface area (TPSA) is 121 Å². The highest BCUT2D eigenvalue weighted by molar-refractivity contribution is 5.95. The van der Waals surface area contributed by atoms with E-state index in [0.717, 1.165) is 12.5 Å². The van der Waals surface area contributed by atoms with Gasteiger partial charge in [-0.1, -0.05) is 12.1 Å². The Balaban J connectivity index is 1.57. The number of carbonyl (C=O) groups excluding carboxylic acids is 1. The van der Waals surface area contributed by atoms with E-state index in [1.165, 1.54) is 24.3 Å². The highest BCUT2D eigenvalue weighted by Gasteiger charge is 2.26. The minimum Gasteiger partial charge on any atom is -0.394 e. The van der Waals surface area contributed by atoms with Crippen LogP contribution in [0.4, 0.5) is 14.6 Å². The number of aryl methyl sites for hydroxylation is 1. The Hall–Kier alpha value is -3.43. The summed E-state index contributed by atoms with van der Waals surface area (Å²) in [5, 5.41) is 22.1. The lowest BCUT2D eigenvalue weighted by atomic mass is 10.0. The summed E-state index contributed by atoms with van der Waals surface area (Å²) in [5.74, 6) is -1.87. The summed E-state index contributed by atoms with van der Waals surface area (Å²) in [5.41, 5.74) is 8.09. The van der Waals surface area contributed by atoms with E-state index in [-0.39, 0.29) is 23.4 Å². The fourth-order valence-electron chi connectivity index (χ4n) is 4.33. The van der Waals surface area contributed by atoms with Crippen molar-refractivity contribution in [2.75, 3.05) is 12.3 Å². The van der Waals surface area contributed by atoms with Crippen molar-refractivity contribution >= 4 is 11.7 Å². The van der Waals surface area contributed by atoms with Crippen LogP contribution in [0.5, 0.6) is 0 Å². The first-order valence-corrected chi connectivity index (χ1v) is 11.0. The molecule has 1 amide bonds. The fourth-order valence-corrected chi connectivity index (χ4v) is 4.33. The van der Waals surface area contributed by atoms with Gasteiger partial charge in [0.1, 0.15) is 23.1 Å². The van der Waals surface area contributed by atoms with Crippen molar-refractivity contribution in [3.05, 3.63) is 76.6 Å². The second-order valence-corrected chi connectivity index (χ2v) is 8.66. The molecule has 3 unspecified atom stereocenters. The van der Waals surface area contributed by atoms with Crippen LogP contribution in [-0.4, -0.2) is 38.8 Å². The Morgan fingerprint density at radius 2 is 2.03 bits per heavy atom. The van der Waals surface area contributed by atoms with Gasteiger partial charge in [0.2, 0.25) is 0 Å². The molecule has 178 valence electrons. The zero-order valence-corrected chi connectivity index (χ0v) is 18.6. The number of anilines is 1. The third-order valence-corrected chi connectivity index (χ3v) is 6.08. The van der Waals surface area contributed by atoms with Crippen LogP contribution < -0.4 is 11.1 Å². The van der Waals surface area contributed by atoms with E-state index in [0.29, 0.717) is 40.9 Å². The van der Waals surface area contributed by atoms with Crippen LogP contribution in [0.15, 0.2) is 42.6 Å². The van der Waals surface area contributed by atoms with Gasteiger partial charge in [0.05, 0.1) is 36.2 Å². The molecule has 1 aliphatic carbocycles. The van der Waals surface area contributed by atoms with Crippen molar-refractivity contribution < 1.29 is 23.8 Å².